The maximum Gasteiger partial charge on any atom is 0.225 e. The number of halogens is 1. The van der Waals surface area contributed by atoms with Crippen molar-refractivity contribution in [2.24, 2.45) is 11.7 Å². The van der Waals surface area contributed by atoms with Gasteiger partial charge in [0.25, 0.3) is 0 Å². The van der Waals surface area contributed by atoms with E-state index in [1.54, 1.807) is 7.11 Å². The van der Waals surface area contributed by atoms with Crippen LogP contribution in [0.2, 0.25) is 0 Å². The number of carbonyl (C=O) groups is 1. The third-order valence-corrected chi connectivity index (χ3v) is 5.86. The van der Waals surface area contributed by atoms with Crippen molar-refractivity contribution in [2.75, 3.05) is 7.11 Å². The van der Waals surface area contributed by atoms with Crippen molar-refractivity contribution >= 4 is 18.3 Å². The zero-order valence-corrected chi connectivity index (χ0v) is 17.3. The number of ether oxygens (including phenoxy) is 2. The smallest absolute Gasteiger partial charge is 0.225 e. The van der Waals surface area contributed by atoms with Gasteiger partial charge in [0.15, 0.2) is 11.5 Å². The molecule has 0 radical (unpaired) electrons. The van der Waals surface area contributed by atoms with Gasteiger partial charge in [-0.1, -0.05) is 18.9 Å². The van der Waals surface area contributed by atoms with E-state index in [-0.39, 0.29) is 24.2 Å². The summed E-state index contributed by atoms with van der Waals surface area (Å²) in [6.07, 6.45) is 8.95. The average molecular weight is 397 g/mol. The third-order valence-electron chi connectivity index (χ3n) is 5.86. The SMILES string of the molecule is COc1cc(CNC(=O)C2CCCCC2(C)N)ccc1OC1CCCC1.Cl. The van der Waals surface area contributed by atoms with Gasteiger partial charge in [0.2, 0.25) is 5.91 Å². The highest BCUT2D eigenvalue weighted by Crippen LogP contribution is 2.33. The van der Waals surface area contributed by atoms with Gasteiger partial charge in [0.05, 0.1) is 19.1 Å². The molecule has 1 aromatic rings. The number of rotatable bonds is 6. The molecule has 0 aromatic heterocycles. The topological polar surface area (TPSA) is 73.6 Å². The molecule has 27 heavy (non-hydrogen) atoms. The van der Waals surface area contributed by atoms with Gasteiger partial charge in [0, 0.05) is 12.1 Å². The summed E-state index contributed by atoms with van der Waals surface area (Å²) < 4.78 is 11.6. The first-order valence-corrected chi connectivity index (χ1v) is 9.90. The van der Waals surface area contributed by atoms with Crippen LogP contribution in [0.3, 0.4) is 0 Å². The second-order valence-electron chi connectivity index (χ2n) is 8.03. The van der Waals surface area contributed by atoms with E-state index in [0.29, 0.717) is 12.6 Å². The minimum atomic E-state index is -0.404. The maximum absolute atomic E-state index is 12.6. The van der Waals surface area contributed by atoms with Crippen LogP contribution < -0.4 is 20.5 Å². The first-order valence-electron chi connectivity index (χ1n) is 9.90. The van der Waals surface area contributed by atoms with E-state index < -0.39 is 5.54 Å². The van der Waals surface area contributed by atoms with Gasteiger partial charge in [0.1, 0.15) is 0 Å². The highest BCUT2D eigenvalue weighted by molar-refractivity contribution is 5.85. The predicted octanol–water partition coefficient (Wildman–Crippen LogP) is 3.96. The average Bonchev–Trinajstić information content (AvgIpc) is 3.13. The summed E-state index contributed by atoms with van der Waals surface area (Å²) in [7, 11) is 1.65. The van der Waals surface area contributed by atoms with E-state index >= 15 is 0 Å². The van der Waals surface area contributed by atoms with E-state index in [1.165, 1.54) is 12.8 Å². The minimum absolute atomic E-state index is 0. The zero-order valence-electron chi connectivity index (χ0n) is 16.5. The number of nitrogens with one attached hydrogen (secondary N) is 1. The molecule has 3 rings (SSSR count). The molecule has 0 bridgehead atoms. The normalized spacial score (nSPS) is 25.5. The molecule has 2 unspecified atom stereocenters. The Morgan fingerprint density at radius 1 is 1.19 bits per heavy atom. The number of benzene rings is 1. The van der Waals surface area contributed by atoms with E-state index in [1.807, 2.05) is 25.1 Å². The Hall–Kier alpha value is -1.46. The van der Waals surface area contributed by atoms with Crippen LogP contribution in [-0.2, 0) is 11.3 Å². The van der Waals surface area contributed by atoms with Crippen molar-refractivity contribution in [3.05, 3.63) is 23.8 Å². The minimum Gasteiger partial charge on any atom is -0.493 e. The molecular weight excluding hydrogens is 364 g/mol. The van der Waals surface area contributed by atoms with Gasteiger partial charge in [-0.25, -0.2) is 0 Å². The van der Waals surface area contributed by atoms with E-state index in [9.17, 15) is 4.79 Å². The molecule has 0 aliphatic heterocycles. The molecule has 2 aliphatic carbocycles. The van der Waals surface area contributed by atoms with Crippen LogP contribution in [0.1, 0.15) is 63.9 Å². The molecule has 0 saturated heterocycles. The van der Waals surface area contributed by atoms with Gasteiger partial charge in [-0.3, -0.25) is 4.79 Å². The Balaban J connectivity index is 0.00000261. The summed E-state index contributed by atoms with van der Waals surface area (Å²) in [5.41, 5.74) is 6.94. The van der Waals surface area contributed by atoms with E-state index in [0.717, 1.165) is 55.6 Å². The molecule has 1 amide bonds. The number of hydrogen-bond acceptors (Lipinski definition) is 4. The molecule has 5 nitrogen and oxygen atoms in total. The van der Waals surface area contributed by atoms with Crippen molar-refractivity contribution in [3.63, 3.8) is 0 Å². The second kappa shape index (κ2) is 9.65. The van der Waals surface area contributed by atoms with Crippen LogP contribution >= 0.6 is 12.4 Å². The van der Waals surface area contributed by atoms with E-state index in [4.69, 9.17) is 15.2 Å². The predicted molar refractivity (Wildman–Crippen MR) is 110 cm³/mol. The number of hydrogen-bond donors (Lipinski definition) is 2. The van der Waals surface area contributed by atoms with Crippen molar-refractivity contribution in [2.45, 2.75) is 76.5 Å². The molecule has 3 N–H and O–H groups in total. The highest BCUT2D eigenvalue weighted by Gasteiger charge is 2.37. The van der Waals surface area contributed by atoms with Crippen LogP contribution in [-0.4, -0.2) is 24.7 Å². The Labute approximate surface area is 168 Å². The lowest BCUT2D eigenvalue weighted by Gasteiger charge is -2.37. The largest absolute Gasteiger partial charge is 0.493 e. The van der Waals surface area contributed by atoms with Gasteiger partial charge in [-0.05, 0) is 63.1 Å². The van der Waals surface area contributed by atoms with Crippen molar-refractivity contribution < 1.29 is 14.3 Å². The first kappa shape index (κ1) is 21.8. The summed E-state index contributed by atoms with van der Waals surface area (Å²) in [6.45, 7) is 2.47. The summed E-state index contributed by atoms with van der Waals surface area (Å²) in [5, 5.41) is 3.05. The Kier molecular flexibility index (Phi) is 7.80. The number of carbonyl (C=O) groups excluding carboxylic acids is 1. The molecule has 2 atom stereocenters. The van der Waals surface area contributed by atoms with Crippen molar-refractivity contribution in [1.82, 2.24) is 5.32 Å². The maximum atomic E-state index is 12.6. The molecule has 6 heteroatoms. The lowest BCUT2D eigenvalue weighted by molar-refractivity contribution is -0.128. The van der Waals surface area contributed by atoms with Crippen LogP contribution in [0.4, 0.5) is 0 Å². The third kappa shape index (κ3) is 5.52. The Morgan fingerprint density at radius 3 is 2.56 bits per heavy atom. The molecular formula is C21H33ClN2O3. The van der Waals surface area contributed by atoms with Gasteiger partial charge < -0.3 is 20.5 Å². The summed E-state index contributed by atoms with van der Waals surface area (Å²) >= 11 is 0. The van der Waals surface area contributed by atoms with Crippen LogP contribution in [0.5, 0.6) is 11.5 Å². The Bertz CT molecular complexity index is 630. The number of nitrogens with two attached hydrogens (primary N) is 1. The van der Waals surface area contributed by atoms with Crippen molar-refractivity contribution in [1.29, 1.82) is 0 Å². The van der Waals surface area contributed by atoms with E-state index in [2.05, 4.69) is 5.32 Å². The van der Waals surface area contributed by atoms with Gasteiger partial charge in [-0.15, -0.1) is 12.4 Å². The highest BCUT2D eigenvalue weighted by atomic mass is 35.5. The van der Waals surface area contributed by atoms with Crippen LogP contribution in [0.15, 0.2) is 18.2 Å². The summed E-state index contributed by atoms with van der Waals surface area (Å²) in [5.74, 6) is 1.46. The molecule has 2 aliphatic rings. The standard InChI is InChI=1S/C21H32N2O3.ClH/c1-21(22)12-6-5-9-17(21)20(24)23-14-15-10-11-18(19(13-15)25-2)26-16-7-3-4-8-16;/h10-11,13,16-17H,3-9,12,14,22H2,1-2H3,(H,23,24);1H. The fraction of sp³-hybridized carbons (Fsp3) is 0.667. The van der Waals surface area contributed by atoms with Crippen LogP contribution in [0, 0.1) is 5.92 Å². The first-order chi connectivity index (χ1) is 12.5. The molecule has 0 heterocycles. The zero-order chi connectivity index (χ0) is 18.6. The number of amides is 1. The lowest BCUT2D eigenvalue weighted by Crippen LogP contribution is -2.52. The molecule has 2 fully saturated rings. The van der Waals surface area contributed by atoms with Gasteiger partial charge >= 0.3 is 0 Å². The molecule has 0 spiro atoms. The van der Waals surface area contributed by atoms with Crippen LogP contribution in [0.25, 0.3) is 0 Å². The van der Waals surface area contributed by atoms with Crippen molar-refractivity contribution in [3.8, 4) is 11.5 Å². The Morgan fingerprint density at radius 2 is 1.89 bits per heavy atom. The fourth-order valence-corrected chi connectivity index (χ4v) is 4.21. The summed E-state index contributed by atoms with van der Waals surface area (Å²) in [6, 6.07) is 5.90. The fourth-order valence-electron chi connectivity index (χ4n) is 4.21. The second-order valence-corrected chi connectivity index (χ2v) is 8.03. The monoisotopic (exact) mass is 396 g/mol. The lowest BCUT2D eigenvalue weighted by atomic mass is 9.74. The van der Waals surface area contributed by atoms with Gasteiger partial charge in [-0.2, -0.15) is 0 Å². The molecule has 1 aromatic carbocycles. The quantitative estimate of drug-likeness (QED) is 0.763. The number of methoxy groups -OCH3 is 1. The molecule has 2 saturated carbocycles. The summed E-state index contributed by atoms with van der Waals surface area (Å²) in [4.78, 5) is 12.6. The molecule has 152 valence electrons.